The van der Waals surface area contributed by atoms with E-state index in [1.165, 1.54) is 17.0 Å². The molecule has 2 aromatic heterocycles. The van der Waals surface area contributed by atoms with Gasteiger partial charge in [-0.25, -0.2) is 8.42 Å². The summed E-state index contributed by atoms with van der Waals surface area (Å²) in [7, 11) is -4.05. The van der Waals surface area contributed by atoms with Gasteiger partial charge in [0.1, 0.15) is 12.1 Å². The molecule has 3 atom stereocenters. The van der Waals surface area contributed by atoms with Gasteiger partial charge in [-0.2, -0.15) is 9.04 Å². The Hall–Kier alpha value is -3.61. The third-order valence-electron chi connectivity index (χ3n) is 7.30. The number of hydrogen-bond acceptors (Lipinski definition) is 7. The largest absolute Gasteiger partial charge is 0.619 e. The van der Waals surface area contributed by atoms with Crippen LogP contribution in [0.5, 0.6) is 0 Å². The normalized spacial score (nSPS) is 20.1. The lowest BCUT2D eigenvalue weighted by Gasteiger charge is -2.29. The fourth-order valence-electron chi connectivity index (χ4n) is 5.41. The summed E-state index contributed by atoms with van der Waals surface area (Å²) in [5.41, 5.74) is 1.41. The van der Waals surface area contributed by atoms with Crippen molar-refractivity contribution < 1.29 is 27.5 Å². The van der Waals surface area contributed by atoms with E-state index < -0.39 is 40.0 Å². The minimum absolute atomic E-state index is 0.0758. The maximum absolute atomic E-state index is 13.8. The number of nitrogens with one attached hydrogen (secondary N) is 1. The van der Waals surface area contributed by atoms with Crippen molar-refractivity contribution in [2.75, 3.05) is 13.1 Å². The quantitative estimate of drug-likeness (QED) is 0.321. The van der Waals surface area contributed by atoms with Crippen LogP contribution in [0.2, 0.25) is 0 Å². The number of ketones is 1. The number of sulfonamides is 1. The van der Waals surface area contributed by atoms with E-state index in [2.05, 4.69) is 5.32 Å². The van der Waals surface area contributed by atoms with Crippen molar-refractivity contribution in [2.24, 2.45) is 5.92 Å². The number of aromatic nitrogens is 1. The van der Waals surface area contributed by atoms with Gasteiger partial charge >= 0.3 is 0 Å². The Labute approximate surface area is 236 Å². The minimum Gasteiger partial charge on any atom is -0.619 e. The molecule has 1 N–H and O–H groups in total. The Morgan fingerprint density at radius 2 is 1.82 bits per heavy atom. The maximum atomic E-state index is 13.8. The van der Waals surface area contributed by atoms with E-state index in [0.29, 0.717) is 23.1 Å². The number of fused-ring (bicyclic) bond motifs is 1. The lowest BCUT2D eigenvalue weighted by atomic mass is 10.0. The van der Waals surface area contributed by atoms with Crippen LogP contribution in [0.4, 0.5) is 0 Å². The molecule has 10 nitrogen and oxygen atoms in total. The first-order valence-corrected chi connectivity index (χ1v) is 15.4. The minimum atomic E-state index is -4.05. The van der Waals surface area contributed by atoms with E-state index in [0.717, 1.165) is 27.1 Å². The van der Waals surface area contributed by atoms with Crippen molar-refractivity contribution in [2.45, 2.75) is 49.7 Å². The zero-order valence-electron chi connectivity index (χ0n) is 22.1. The van der Waals surface area contributed by atoms with Crippen LogP contribution in [0.1, 0.15) is 37.0 Å². The number of carbonyl (C=O) groups excluding carboxylic acids is 3. The van der Waals surface area contributed by atoms with Crippen LogP contribution in [0.3, 0.4) is 0 Å². The van der Waals surface area contributed by atoms with Crippen molar-refractivity contribution in [1.29, 1.82) is 0 Å². The summed E-state index contributed by atoms with van der Waals surface area (Å²) in [6.45, 7) is 3.72. The van der Waals surface area contributed by atoms with E-state index >= 15 is 0 Å². The number of benzene rings is 1. The summed E-state index contributed by atoms with van der Waals surface area (Å²) in [4.78, 5) is 42.4. The molecule has 0 saturated carbocycles. The summed E-state index contributed by atoms with van der Waals surface area (Å²) < 4.78 is 28.2. The first kappa shape index (κ1) is 27.9. The van der Waals surface area contributed by atoms with Crippen LogP contribution in [-0.2, 0) is 19.6 Å². The van der Waals surface area contributed by atoms with Crippen LogP contribution in [0.15, 0.2) is 71.2 Å². The monoisotopic (exact) mass is 582 g/mol. The average Bonchev–Trinajstić information content (AvgIpc) is 3.67. The molecule has 3 unspecified atom stereocenters. The number of thiophene rings is 1. The van der Waals surface area contributed by atoms with Gasteiger partial charge in [-0.1, -0.05) is 32.0 Å². The Bertz CT molecular complexity index is 1510. The Balaban J connectivity index is 1.33. The molecule has 2 saturated heterocycles. The predicted octanol–water partition coefficient (Wildman–Crippen LogP) is 2.44. The molecule has 2 aliphatic rings. The highest BCUT2D eigenvalue weighted by atomic mass is 32.2. The second-order valence-electron chi connectivity index (χ2n) is 10.5. The number of carbonyl (C=O) groups is 3. The molecular formula is C28H30N4O6S2. The third kappa shape index (κ3) is 5.38. The van der Waals surface area contributed by atoms with Gasteiger partial charge in [-0.3, -0.25) is 14.4 Å². The second kappa shape index (κ2) is 11.1. The lowest BCUT2D eigenvalue weighted by Crippen LogP contribution is -2.53. The number of rotatable bonds is 8. The summed E-state index contributed by atoms with van der Waals surface area (Å²) in [6.07, 6.45) is 2.83. The SMILES string of the molecule is CC(C)CC(NC(=O)c1ccc(-c2cccs2)cc1)C(=O)N1CCC2C1C(=O)CN2S(=O)(=O)c1cc[n+]([O-])cc1. The Kier molecular flexibility index (Phi) is 7.76. The van der Waals surface area contributed by atoms with Crippen molar-refractivity contribution >= 4 is 39.0 Å². The molecule has 210 valence electrons. The summed E-state index contributed by atoms with van der Waals surface area (Å²) in [5.74, 6) is -1.08. The number of pyridine rings is 1. The number of nitrogens with zero attached hydrogens (tertiary/aromatic N) is 3. The summed E-state index contributed by atoms with van der Waals surface area (Å²) in [6, 6.07) is 11.0. The number of hydrogen-bond donors (Lipinski definition) is 1. The standard InChI is InChI=1S/C28H30N4O6S2/c1-18(2)16-22(29-27(34)20-7-5-19(6-8-20)25-4-3-15-39-25)28(35)31-14-11-23-26(31)24(33)17-32(23)40(37,38)21-9-12-30(36)13-10-21/h3-10,12-13,15,18,22-23,26H,11,14,16-17H2,1-2H3,(H,29,34). The molecule has 1 aromatic carbocycles. The van der Waals surface area contributed by atoms with E-state index in [1.807, 2.05) is 43.5 Å². The Morgan fingerprint density at radius 1 is 1.12 bits per heavy atom. The molecule has 12 heteroatoms. The van der Waals surface area contributed by atoms with Gasteiger partial charge in [0.05, 0.1) is 17.5 Å². The van der Waals surface area contributed by atoms with E-state index in [9.17, 15) is 28.0 Å². The van der Waals surface area contributed by atoms with Gasteiger partial charge in [0, 0.05) is 29.1 Å². The number of likely N-dealkylation sites (tertiary alicyclic amines) is 1. The van der Waals surface area contributed by atoms with Crippen LogP contribution >= 0.6 is 11.3 Å². The second-order valence-corrected chi connectivity index (χ2v) is 13.3. The van der Waals surface area contributed by atoms with Gasteiger partial charge in [-0.15, -0.1) is 11.3 Å². The number of amides is 2. The van der Waals surface area contributed by atoms with Crippen molar-refractivity contribution in [3.8, 4) is 10.4 Å². The maximum Gasteiger partial charge on any atom is 0.251 e. The fourth-order valence-corrected chi connectivity index (χ4v) is 7.75. The first-order valence-electron chi connectivity index (χ1n) is 13.0. The molecule has 0 bridgehead atoms. The first-order chi connectivity index (χ1) is 19.1. The zero-order valence-corrected chi connectivity index (χ0v) is 23.7. The van der Waals surface area contributed by atoms with Gasteiger partial charge < -0.3 is 15.4 Å². The molecule has 0 spiro atoms. The molecule has 2 fully saturated rings. The van der Waals surface area contributed by atoms with Crippen LogP contribution in [0, 0.1) is 11.1 Å². The number of Topliss-reactive ketones (excluding diaryl/α,β-unsaturated/α-hetero) is 1. The highest BCUT2D eigenvalue weighted by molar-refractivity contribution is 7.89. The molecule has 3 aromatic rings. The summed E-state index contributed by atoms with van der Waals surface area (Å²) >= 11 is 1.60. The van der Waals surface area contributed by atoms with Gasteiger partial charge in [0.15, 0.2) is 18.2 Å². The molecule has 0 radical (unpaired) electrons. The van der Waals surface area contributed by atoms with Gasteiger partial charge in [0.25, 0.3) is 5.91 Å². The lowest BCUT2D eigenvalue weighted by molar-refractivity contribution is -0.605. The Morgan fingerprint density at radius 3 is 2.45 bits per heavy atom. The molecule has 4 heterocycles. The van der Waals surface area contributed by atoms with Crippen molar-refractivity contribution in [1.82, 2.24) is 14.5 Å². The highest BCUT2D eigenvalue weighted by Gasteiger charge is 2.54. The third-order valence-corrected chi connectivity index (χ3v) is 10.1. The van der Waals surface area contributed by atoms with E-state index in [1.54, 1.807) is 23.5 Å². The van der Waals surface area contributed by atoms with Gasteiger partial charge in [-0.05, 0) is 47.9 Å². The van der Waals surface area contributed by atoms with Crippen LogP contribution in [0.25, 0.3) is 10.4 Å². The molecule has 0 aliphatic carbocycles. The molecular weight excluding hydrogens is 552 g/mol. The highest BCUT2D eigenvalue weighted by Crippen LogP contribution is 2.34. The molecule has 5 rings (SSSR count). The average molecular weight is 583 g/mol. The molecule has 40 heavy (non-hydrogen) atoms. The van der Waals surface area contributed by atoms with Crippen molar-refractivity contribution in [3.63, 3.8) is 0 Å². The summed E-state index contributed by atoms with van der Waals surface area (Å²) in [5, 5.41) is 16.2. The smallest absolute Gasteiger partial charge is 0.251 e. The zero-order chi connectivity index (χ0) is 28.6. The van der Waals surface area contributed by atoms with E-state index in [4.69, 9.17) is 0 Å². The predicted molar refractivity (Wildman–Crippen MR) is 149 cm³/mol. The van der Waals surface area contributed by atoms with Crippen LogP contribution in [-0.4, -0.2) is 66.4 Å². The van der Waals surface area contributed by atoms with Crippen molar-refractivity contribution in [3.05, 3.63) is 77.1 Å². The van der Waals surface area contributed by atoms with Crippen LogP contribution < -0.4 is 10.0 Å². The van der Waals surface area contributed by atoms with Gasteiger partial charge in [0.2, 0.25) is 15.9 Å². The fraction of sp³-hybridized carbons (Fsp3) is 0.357. The molecule has 2 amide bonds. The molecule has 2 aliphatic heterocycles. The van der Waals surface area contributed by atoms with E-state index in [-0.39, 0.29) is 29.7 Å². The topological polar surface area (TPSA) is 131 Å².